The first-order valence-corrected chi connectivity index (χ1v) is 11.5. The topological polar surface area (TPSA) is 41.6 Å². The number of nitrogens with one attached hydrogen (secondary N) is 1. The Morgan fingerprint density at radius 1 is 1.10 bits per heavy atom. The van der Waals surface area contributed by atoms with Gasteiger partial charge in [0.05, 0.1) is 7.11 Å². The molecule has 29 heavy (non-hydrogen) atoms. The second-order valence-electron chi connectivity index (χ2n) is 9.68. The SMILES string of the molecule is COc1ccc(/C=C/CN2CCC(CNC(=O)C3[C@@H]4[C@H]5CC[C@H](C5)[C@H]34)CC2)cc1. The molecule has 1 amide bonds. The molecule has 1 unspecified atom stereocenters. The minimum atomic E-state index is 0.376. The molecule has 3 aliphatic carbocycles. The Balaban J connectivity index is 0.999. The largest absolute Gasteiger partial charge is 0.497 e. The molecule has 2 bridgehead atoms. The first kappa shape index (κ1) is 19.2. The number of amides is 1. The number of methoxy groups -OCH3 is 1. The molecule has 3 saturated carbocycles. The van der Waals surface area contributed by atoms with Crippen molar-refractivity contribution in [3.05, 3.63) is 35.9 Å². The number of rotatable bonds is 7. The molecule has 0 aromatic heterocycles. The van der Waals surface area contributed by atoms with Crippen molar-refractivity contribution >= 4 is 12.0 Å². The molecule has 4 fully saturated rings. The van der Waals surface area contributed by atoms with Gasteiger partial charge in [0.15, 0.2) is 0 Å². The van der Waals surface area contributed by atoms with Gasteiger partial charge in [-0.2, -0.15) is 0 Å². The summed E-state index contributed by atoms with van der Waals surface area (Å²) in [5.74, 6) is 5.58. The number of fused-ring (bicyclic) bond motifs is 5. The van der Waals surface area contributed by atoms with Crippen LogP contribution >= 0.6 is 0 Å². The summed E-state index contributed by atoms with van der Waals surface area (Å²) in [4.78, 5) is 15.1. The lowest BCUT2D eigenvalue weighted by molar-refractivity contribution is -0.123. The van der Waals surface area contributed by atoms with Crippen molar-refractivity contribution in [2.24, 2.45) is 35.5 Å². The quantitative estimate of drug-likeness (QED) is 0.764. The molecule has 1 N–H and O–H groups in total. The van der Waals surface area contributed by atoms with Gasteiger partial charge in [0, 0.05) is 19.0 Å². The Morgan fingerprint density at radius 2 is 1.79 bits per heavy atom. The highest BCUT2D eigenvalue weighted by Gasteiger charge is 2.67. The second-order valence-corrected chi connectivity index (χ2v) is 9.68. The molecule has 0 radical (unpaired) electrons. The van der Waals surface area contributed by atoms with Gasteiger partial charge in [-0.3, -0.25) is 9.69 Å². The molecule has 4 nitrogen and oxygen atoms in total. The van der Waals surface area contributed by atoms with Crippen LogP contribution in [0.5, 0.6) is 5.75 Å². The van der Waals surface area contributed by atoms with Crippen molar-refractivity contribution in [3.63, 3.8) is 0 Å². The van der Waals surface area contributed by atoms with Gasteiger partial charge in [-0.15, -0.1) is 0 Å². The molecule has 4 heteroatoms. The van der Waals surface area contributed by atoms with Gasteiger partial charge in [0.2, 0.25) is 5.91 Å². The third-order valence-corrected chi connectivity index (χ3v) is 8.10. The van der Waals surface area contributed by atoms with Crippen LogP contribution in [0.3, 0.4) is 0 Å². The third kappa shape index (κ3) is 3.96. The maximum absolute atomic E-state index is 12.6. The molecule has 5 atom stereocenters. The Kier molecular flexibility index (Phi) is 5.38. The number of likely N-dealkylation sites (tertiary alicyclic amines) is 1. The molecule has 1 aromatic rings. The number of carbonyl (C=O) groups excluding carboxylic acids is 1. The van der Waals surface area contributed by atoms with Crippen molar-refractivity contribution in [3.8, 4) is 5.75 Å². The zero-order valence-corrected chi connectivity index (χ0v) is 17.6. The maximum Gasteiger partial charge on any atom is 0.223 e. The summed E-state index contributed by atoms with van der Waals surface area (Å²) in [6, 6.07) is 8.17. The van der Waals surface area contributed by atoms with E-state index in [1.165, 1.54) is 37.7 Å². The normalized spacial score (nSPS) is 33.8. The van der Waals surface area contributed by atoms with Crippen molar-refractivity contribution in [2.45, 2.75) is 32.1 Å². The van der Waals surface area contributed by atoms with E-state index in [1.54, 1.807) is 7.11 Å². The molecular formula is C25H34N2O2. The van der Waals surface area contributed by atoms with Crippen LogP contribution in [-0.4, -0.2) is 44.1 Å². The van der Waals surface area contributed by atoms with Gasteiger partial charge in [-0.1, -0.05) is 24.3 Å². The fourth-order valence-electron chi connectivity index (χ4n) is 6.46. The van der Waals surface area contributed by atoms with Crippen LogP contribution in [0.4, 0.5) is 0 Å². The van der Waals surface area contributed by atoms with E-state index in [2.05, 4.69) is 34.5 Å². The Hall–Kier alpha value is -1.81. The van der Waals surface area contributed by atoms with Crippen LogP contribution in [0.15, 0.2) is 30.3 Å². The lowest BCUT2D eigenvalue weighted by Gasteiger charge is -2.31. The fourth-order valence-corrected chi connectivity index (χ4v) is 6.46. The molecule has 0 spiro atoms. The Morgan fingerprint density at radius 3 is 2.45 bits per heavy atom. The number of hydrogen-bond acceptors (Lipinski definition) is 3. The van der Waals surface area contributed by atoms with Gasteiger partial charge in [0.25, 0.3) is 0 Å². The van der Waals surface area contributed by atoms with Gasteiger partial charge >= 0.3 is 0 Å². The van der Waals surface area contributed by atoms with E-state index >= 15 is 0 Å². The van der Waals surface area contributed by atoms with E-state index in [0.717, 1.165) is 55.6 Å². The summed E-state index contributed by atoms with van der Waals surface area (Å²) < 4.78 is 5.20. The minimum Gasteiger partial charge on any atom is -0.497 e. The zero-order chi connectivity index (χ0) is 19.8. The van der Waals surface area contributed by atoms with Crippen molar-refractivity contribution in [1.29, 1.82) is 0 Å². The van der Waals surface area contributed by atoms with Crippen LogP contribution in [0.1, 0.15) is 37.7 Å². The standard InChI is InChI=1S/C25H34N2O2/c1-29-21-8-4-17(5-9-21)3-2-12-27-13-10-18(11-14-27)16-26-25(28)24-22-19-6-7-20(15-19)23(22)24/h2-5,8-9,18-20,22-24H,6-7,10-16H2,1H3,(H,26,28)/b3-2+/t19-,20+,22+,23-,24?. The maximum atomic E-state index is 12.6. The lowest BCUT2D eigenvalue weighted by atomic mass is 9.96. The summed E-state index contributed by atoms with van der Waals surface area (Å²) in [5, 5.41) is 3.32. The van der Waals surface area contributed by atoms with Gasteiger partial charge in [-0.05, 0) is 92.5 Å². The predicted molar refractivity (Wildman–Crippen MR) is 116 cm³/mol. The number of piperidine rings is 1. The van der Waals surface area contributed by atoms with E-state index in [1.807, 2.05) is 12.1 Å². The second kappa shape index (κ2) is 8.14. The predicted octanol–water partition coefficient (Wildman–Crippen LogP) is 3.83. The summed E-state index contributed by atoms with van der Waals surface area (Å²) >= 11 is 0. The van der Waals surface area contributed by atoms with Crippen molar-refractivity contribution in [2.75, 3.05) is 33.3 Å². The fraction of sp³-hybridized carbons (Fsp3) is 0.640. The van der Waals surface area contributed by atoms with E-state index in [4.69, 9.17) is 4.74 Å². The van der Waals surface area contributed by atoms with E-state index in [9.17, 15) is 4.79 Å². The van der Waals surface area contributed by atoms with Crippen molar-refractivity contribution < 1.29 is 9.53 Å². The molecular weight excluding hydrogens is 360 g/mol. The zero-order valence-electron chi connectivity index (χ0n) is 17.6. The molecule has 1 saturated heterocycles. The van der Waals surface area contributed by atoms with Gasteiger partial charge in [-0.25, -0.2) is 0 Å². The lowest BCUT2D eigenvalue weighted by Crippen LogP contribution is -2.39. The number of benzene rings is 1. The highest BCUT2D eigenvalue weighted by molar-refractivity contribution is 5.82. The first-order chi connectivity index (χ1) is 14.2. The Bertz CT molecular complexity index is 735. The minimum absolute atomic E-state index is 0.376. The average molecular weight is 395 g/mol. The Labute approximate surface area is 174 Å². The summed E-state index contributed by atoms with van der Waals surface area (Å²) in [5.41, 5.74) is 1.21. The summed E-state index contributed by atoms with van der Waals surface area (Å²) in [7, 11) is 1.69. The molecule has 1 aliphatic heterocycles. The van der Waals surface area contributed by atoms with Gasteiger partial charge < -0.3 is 10.1 Å². The van der Waals surface area contributed by atoms with Gasteiger partial charge in [0.1, 0.15) is 5.75 Å². The average Bonchev–Trinajstić information content (AvgIpc) is 3.20. The van der Waals surface area contributed by atoms with Crippen LogP contribution in [0.2, 0.25) is 0 Å². The summed E-state index contributed by atoms with van der Waals surface area (Å²) in [6.45, 7) is 4.15. The number of carbonyl (C=O) groups is 1. The van der Waals surface area contributed by atoms with E-state index in [-0.39, 0.29) is 0 Å². The number of ether oxygens (including phenoxy) is 1. The monoisotopic (exact) mass is 394 g/mol. The first-order valence-electron chi connectivity index (χ1n) is 11.5. The third-order valence-electron chi connectivity index (χ3n) is 8.10. The van der Waals surface area contributed by atoms with E-state index < -0.39 is 0 Å². The molecule has 156 valence electrons. The smallest absolute Gasteiger partial charge is 0.223 e. The van der Waals surface area contributed by atoms with Crippen LogP contribution in [0, 0.1) is 35.5 Å². The van der Waals surface area contributed by atoms with Crippen LogP contribution < -0.4 is 10.1 Å². The number of nitrogens with zero attached hydrogens (tertiary/aromatic N) is 1. The van der Waals surface area contributed by atoms with Crippen molar-refractivity contribution in [1.82, 2.24) is 10.2 Å². The highest BCUT2D eigenvalue weighted by Crippen LogP contribution is 2.69. The van der Waals surface area contributed by atoms with Crippen LogP contribution in [-0.2, 0) is 4.79 Å². The van der Waals surface area contributed by atoms with E-state index in [0.29, 0.717) is 17.7 Å². The number of hydrogen-bond donors (Lipinski definition) is 1. The molecule has 5 rings (SSSR count). The molecule has 1 heterocycles. The molecule has 1 aromatic carbocycles. The van der Waals surface area contributed by atoms with Crippen LogP contribution in [0.25, 0.3) is 6.08 Å². The summed E-state index contributed by atoms with van der Waals surface area (Å²) in [6.07, 6.45) is 11.0. The molecule has 4 aliphatic rings. The highest BCUT2D eigenvalue weighted by atomic mass is 16.5.